The van der Waals surface area contributed by atoms with Crippen LogP contribution in [0.15, 0.2) is 39.7 Å². The Balaban J connectivity index is 2.20. The topological polar surface area (TPSA) is 47.2 Å². The summed E-state index contributed by atoms with van der Waals surface area (Å²) in [5.41, 5.74) is 1.80. The van der Waals surface area contributed by atoms with Crippen molar-refractivity contribution in [2.75, 3.05) is 11.9 Å². The van der Waals surface area contributed by atoms with Gasteiger partial charge >= 0.3 is 0 Å². The summed E-state index contributed by atoms with van der Waals surface area (Å²) in [4.78, 5) is 12.1. The lowest BCUT2D eigenvalue weighted by molar-refractivity contribution is 0.487. The van der Waals surface area contributed by atoms with Crippen LogP contribution < -0.4 is 10.9 Å². The van der Waals surface area contributed by atoms with E-state index in [0.717, 1.165) is 23.7 Å². The fraction of sp³-hybridized carbons (Fsp3) is 0.400. The fourth-order valence-corrected chi connectivity index (χ4v) is 1.91. The van der Waals surface area contributed by atoms with Crippen LogP contribution in [0.25, 0.3) is 0 Å². The third-order valence-electron chi connectivity index (χ3n) is 2.94. The quantitative estimate of drug-likeness (QED) is 0.899. The Bertz CT molecular complexity index is 583. The van der Waals surface area contributed by atoms with Crippen molar-refractivity contribution in [1.82, 2.24) is 4.57 Å². The Morgan fingerprint density at radius 2 is 2.16 bits per heavy atom. The molecule has 0 amide bonds. The first-order valence-corrected chi connectivity index (χ1v) is 6.54. The highest BCUT2D eigenvalue weighted by Gasteiger charge is 2.06. The second-order valence-electron chi connectivity index (χ2n) is 5.16. The molecule has 2 aromatic heterocycles. The maximum atomic E-state index is 12.1. The number of rotatable bonds is 5. The molecule has 0 saturated carbocycles. The van der Waals surface area contributed by atoms with E-state index in [1.807, 2.05) is 25.1 Å². The molecule has 0 fully saturated rings. The molecule has 0 bridgehead atoms. The summed E-state index contributed by atoms with van der Waals surface area (Å²) in [6.07, 6.45) is 1.62. The summed E-state index contributed by atoms with van der Waals surface area (Å²) in [6.45, 7) is 7.55. The van der Waals surface area contributed by atoms with Crippen LogP contribution in [-0.2, 0) is 6.54 Å². The standard InChI is InChI=1S/C15H20N2O2/c1-11(2)9-16-13-7-12(3)17(15(18)8-13)10-14-5-4-6-19-14/h4-8,11,16H,9-10H2,1-3H3. The monoisotopic (exact) mass is 260 g/mol. The minimum absolute atomic E-state index is 0.0114. The maximum Gasteiger partial charge on any atom is 0.253 e. The zero-order valence-corrected chi connectivity index (χ0v) is 11.6. The van der Waals surface area contributed by atoms with Gasteiger partial charge in [0, 0.05) is 24.0 Å². The van der Waals surface area contributed by atoms with E-state index in [0.29, 0.717) is 12.5 Å². The molecule has 4 heteroatoms. The first kappa shape index (κ1) is 13.5. The van der Waals surface area contributed by atoms with Gasteiger partial charge in [-0.05, 0) is 31.0 Å². The Kier molecular flexibility index (Phi) is 4.10. The van der Waals surface area contributed by atoms with E-state index < -0.39 is 0 Å². The average molecular weight is 260 g/mol. The van der Waals surface area contributed by atoms with E-state index in [-0.39, 0.29) is 5.56 Å². The molecular formula is C15H20N2O2. The number of anilines is 1. The first-order valence-electron chi connectivity index (χ1n) is 6.54. The van der Waals surface area contributed by atoms with Crippen molar-refractivity contribution in [3.05, 3.63) is 52.3 Å². The number of aryl methyl sites for hydroxylation is 1. The number of nitrogens with one attached hydrogen (secondary N) is 1. The molecular weight excluding hydrogens is 240 g/mol. The zero-order chi connectivity index (χ0) is 13.8. The van der Waals surface area contributed by atoms with Crippen molar-refractivity contribution in [2.45, 2.75) is 27.3 Å². The van der Waals surface area contributed by atoms with Gasteiger partial charge in [0.1, 0.15) is 5.76 Å². The second kappa shape index (κ2) is 5.78. The zero-order valence-electron chi connectivity index (χ0n) is 11.6. The number of furan rings is 1. The fourth-order valence-electron chi connectivity index (χ4n) is 1.91. The van der Waals surface area contributed by atoms with Gasteiger partial charge < -0.3 is 14.3 Å². The highest BCUT2D eigenvalue weighted by molar-refractivity contribution is 5.43. The molecule has 0 spiro atoms. The summed E-state index contributed by atoms with van der Waals surface area (Å²) < 4.78 is 6.99. The summed E-state index contributed by atoms with van der Waals surface area (Å²) in [5, 5.41) is 3.28. The first-order chi connectivity index (χ1) is 9.06. The Morgan fingerprint density at radius 3 is 2.74 bits per heavy atom. The minimum atomic E-state index is -0.0114. The summed E-state index contributed by atoms with van der Waals surface area (Å²) in [7, 11) is 0. The third-order valence-corrected chi connectivity index (χ3v) is 2.94. The van der Waals surface area contributed by atoms with Crippen molar-refractivity contribution in [3.8, 4) is 0 Å². The van der Waals surface area contributed by atoms with E-state index in [1.54, 1.807) is 16.9 Å². The molecule has 0 aliphatic heterocycles. The maximum absolute atomic E-state index is 12.1. The number of hydrogen-bond donors (Lipinski definition) is 1. The molecule has 0 saturated heterocycles. The van der Waals surface area contributed by atoms with Gasteiger partial charge in [0.05, 0.1) is 12.8 Å². The minimum Gasteiger partial charge on any atom is -0.467 e. The third kappa shape index (κ3) is 3.50. The molecule has 0 radical (unpaired) electrons. The molecule has 102 valence electrons. The molecule has 2 heterocycles. The number of hydrogen-bond acceptors (Lipinski definition) is 3. The molecule has 4 nitrogen and oxygen atoms in total. The van der Waals surface area contributed by atoms with Crippen LogP contribution in [0.4, 0.5) is 5.69 Å². The lowest BCUT2D eigenvalue weighted by Gasteiger charge is -2.13. The van der Waals surface area contributed by atoms with Gasteiger partial charge in [-0.25, -0.2) is 0 Å². The summed E-state index contributed by atoms with van der Waals surface area (Å²) >= 11 is 0. The molecule has 0 aliphatic rings. The Morgan fingerprint density at radius 1 is 1.37 bits per heavy atom. The Hall–Kier alpha value is -1.97. The number of nitrogens with zero attached hydrogens (tertiary/aromatic N) is 1. The lowest BCUT2D eigenvalue weighted by atomic mass is 10.2. The van der Waals surface area contributed by atoms with Crippen molar-refractivity contribution in [3.63, 3.8) is 0 Å². The van der Waals surface area contributed by atoms with Crippen LogP contribution in [-0.4, -0.2) is 11.1 Å². The normalized spacial score (nSPS) is 10.9. The van der Waals surface area contributed by atoms with Crippen molar-refractivity contribution in [2.24, 2.45) is 5.92 Å². The lowest BCUT2D eigenvalue weighted by Crippen LogP contribution is -2.23. The number of pyridine rings is 1. The second-order valence-corrected chi connectivity index (χ2v) is 5.16. The van der Waals surface area contributed by atoms with Crippen LogP contribution in [0.5, 0.6) is 0 Å². The van der Waals surface area contributed by atoms with Crippen LogP contribution >= 0.6 is 0 Å². The predicted molar refractivity (Wildman–Crippen MR) is 76.6 cm³/mol. The van der Waals surface area contributed by atoms with E-state index in [2.05, 4.69) is 19.2 Å². The van der Waals surface area contributed by atoms with E-state index >= 15 is 0 Å². The van der Waals surface area contributed by atoms with Gasteiger partial charge in [-0.15, -0.1) is 0 Å². The Labute approximate surface area is 113 Å². The number of aromatic nitrogens is 1. The van der Waals surface area contributed by atoms with E-state index in [9.17, 15) is 4.79 Å². The van der Waals surface area contributed by atoms with Gasteiger partial charge in [0.25, 0.3) is 5.56 Å². The van der Waals surface area contributed by atoms with Gasteiger partial charge in [-0.1, -0.05) is 13.8 Å². The van der Waals surface area contributed by atoms with Crippen LogP contribution in [0.2, 0.25) is 0 Å². The predicted octanol–water partition coefficient (Wildman–Crippen LogP) is 2.87. The highest BCUT2D eigenvalue weighted by atomic mass is 16.3. The van der Waals surface area contributed by atoms with Gasteiger partial charge in [-0.3, -0.25) is 4.79 Å². The molecule has 0 unspecified atom stereocenters. The largest absolute Gasteiger partial charge is 0.467 e. The average Bonchev–Trinajstić information content (AvgIpc) is 2.84. The van der Waals surface area contributed by atoms with Crippen molar-refractivity contribution < 1.29 is 4.42 Å². The van der Waals surface area contributed by atoms with Crippen LogP contribution in [0.3, 0.4) is 0 Å². The van der Waals surface area contributed by atoms with Crippen LogP contribution in [0, 0.1) is 12.8 Å². The van der Waals surface area contributed by atoms with Crippen LogP contribution in [0.1, 0.15) is 25.3 Å². The summed E-state index contributed by atoms with van der Waals surface area (Å²) in [6, 6.07) is 7.33. The molecule has 0 aliphatic carbocycles. The molecule has 2 rings (SSSR count). The van der Waals surface area contributed by atoms with Gasteiger partial charge in [-0.2, -0.15) is 0 Å². The van der Waals surface area contributed by atoms with E-state index in [1.165, 1.54) is 0 Å². The van der Waals surface area contributed by atoms with Gasteiger partial charge in [0.2, 0.25) is 0 Å². The SMILES string of the molecule is Cc1cc(NCC(C)C)cc(=O)n1Cc1ccco1. The smallest absolute Gasteiger partial charge is 0.253 e. The molecule has 0 aromatic carbocycles. The molecule has 0 atom stereocenters. The van der Waals surface area contributed by atoms with E-state index in [4.69, 9.17) is 4.42 Å². The molecule has 2 aromatic rings. The molecule has 19 heavy (non-hydrogen) atoms. The highest BCUT2D eigenvalue weighted by Crippen LogP contribution is 2.10. The molecule has 1 N–H and O–H groups in total. The van der Waals surface area contributed by atoms with Crippen molar-refractivity contribution >= 4 is 5.69 Å². The summed E-state index contributed by atoms with van der Waals surface area (Å²) in [5.74, 6) is 1.33. The van der Waals surface area contributed by atoms with Gasteiger partial charge in [0.15, 0.2) is 0 Å². The van der Waals surface area contributed by atoms with Crippen molar-refractivity contribution in [1.29, 1.82) is 0 Å².